The van der Waals surface area contributed by atoms with Gasteiger partial charge in [0.15, 0.2) is 0 Å². The van der Waals surface area contributed by atoms with Gasteiger partial charge < -0.3 is 5.73 Å². The van der Waals surface area contributed by atoms with E-state index < -0.39 is 4.92 Å². The number of nitro groups is 1. The Morgan fingerprint density at radius 1 is 1.50 bits per heavy atom. The van der Waals surface area contributed by atoms with Crippen LogP contribution in [-0.2, 0) is 6.42 Å². The zero-order valence-corrected chi connectivity index (χ0v) is 8.33. The van der Waals surface area contributed by atoms with Crippen molar-refractivity contribution in [1.29, 1.82) is 0 Å². The van der Waals surface area contributed by atoms with Crippen LogP contribution in [0.15, 0.2) is 18.2 Å². The lowest BCUT2D eigenvalue weighted by atomic mass is 10.1. The van der Waals surface area contributed by atoms with Gasteiger partial charge in [-0.25, -0.2) is 0 Å². The van der Waals surface area contributed by atoms with E-state index in [0.717, 1.165) is 0 Å². The zero-order valence-electron chi connectivity index (χ0n) is 7.57. The van der Waals surface area contributed by atoms with E-state index in [4.69, 9.17) is 17.3 Å². The zero-order chi connectivity index (χ0) is 10.6. The molecule has 5 heteroatoms. The standard InChI is InChI=1S/C9H11ClN2O2/c10-8-4-1-5-9(12(13)14)7(8)3-2-6-11/h1,4-5H,2-3,6,11H2. The maximum atomic E-state index is 10.7. The third-order valence-corrected chi connectivity index (χ3v) is 2.28. The summed E-state index contributed by atoms with van der Waals surface area (Å²) >= 11 is 5.86. The monoisotopic (exact) mass is 214 g/mol. The average Bonchev–Trinajstić information content (AvgIpc) is 2.15. The molecule has 0 bridgehead atoms. The third-order valence-electron chi connectivity index (χ3n) is 1.92. The summed E-state index contributed by atoms with van der Waals surface area (Å²) in [5.74, 6) is 0. The third kappa shape index (κ3) is 2.43. The minimum absolute atomic E-state index is 0.0750. The molecule has 0 aliphatic rings. The minimum atomic E-state index is -0.419. The van der Waals surface area contributed by atoms with Gasteiger partial charge in [-0.2, -0.15) is 0 Å². The van der Waals surface area contributed by atoms with Crippen LogP contribution in [0.4, 0.5) is 5.69 Å². The van der Waals surface area contributed by atoms with Gasteiger partial charge in [0.2, 0.25) is 0 Å². The molecular formula is C9H11ClN2O2. The smallest absolute Gasteiger partial charge is 0.274 e. The number of rotatable bonds is 4. The highest BCUT2D eigenvalue weighted by molar-refractivity contribution is 6.31. The highest BCUT2D eigenvalue weighted by Crippen LogP contribution is 2.27. The molecule has 76 valence electrons. The van der Waals surface area contributed by atoms with E-state index >= 15 is 0 Å². The Morgan fingerprint density at radius 3 is 2.79 bits per heavy atom. The Kier molecular flexibility index (Phi) is 3.85. The van der Waals surface area contributed by atoms with Crippen molar-refractivity contribution in [3.8, 4) is 0 Å². The fourth-order valence-electron chi connectivity index (χ4n) is 1.24. The molecular weight excluding hydrogens is 204 g/mol. The molecule has 4 nitrogen and oxygen atoms in total. The SMILES string of the molecule is NCCCc1c(Cl)cccc1[N+](=O)[O-]. The van der Waals surface area contributed by atoms with Crippen LogP contribution in [-0.4, -0.2) is 11.5 Å². The van der Waals surface area contributed by atoms with Gasteiger partial charge in [0.05, 0.1) is 9.95 Å². The van der Waals surface area contributed by atoms with E-state index in [0.29, 0.717) is 30.0 Å². The summed E-state index contributed by atoms with van der Waals surface area (Å²) in [5.41, 5.74) is 5.99. The van der Waals surface area contributed by atoms with Gasteiger partial charge in [-0.05, 0) is 25.5 Å². The normalized spacial score (nSPS) is 10.1. The lowest BCUT2D eigenvalue weighted by Crippen LogP contribution is -2.03. The average molecular weight is 215 g/mol. The second-order valence-electron chi connectivity index (χ2n) is 2.89. The van der Waals surface area contributed by atoms with Crippen LogP contribution in [0.25, 0.3) is 0 Å². The molecule has 0 spiro atoms. The Bertz CT molecular complexity index is 342. The molecule has 0 aromatic heterocycles. The number of hydrogen-bond donors (Lipinski definition) is 1. The van der Waals surface area contributed by atoms with Gasteiger partial charge in [-0.15, -0.1) is 0 Å². The molecule has 0 heterocycles. The first-order chi connectivity index (χ1) is 6.66. The van der Waals surface area contributed by atoms with Crippen molar-refractivity contribution in [1.82, 2.24) is 0 Å². The summed E-state index contributed by atoms with van der Waals surface area (Å²) in [6.45, 7) is 0.502. The molecule has 0 amide bonds. The van der Waals surface area contributed by atoms with E-state index in [-0.39, 0.29) is 5.69 Å². The number of halogens is 1. The van der Waals surface area contributed by atoms with Gasteiger partial charge in [0, 0.05) is 11.6 Å². The summed E-state index contributed by atoms with van der Waals surface area (Å²) in [6.07, 6.45) is 1.25. The van der Waals surface area contributed by atoms with Crippen molar-refractivity contribution in [3.05, 3.63) is 38.9 Å². The van der Waals surface area contributed by atoms with E-state index in [1.165, 1.54) is 6.07 Å². The number of nitrogens with two attached hydrogens (primary N) is 1. The maximum Gasteiger partial charge on any atom is 0.274 e. The van der Waals surface area contributed by atoms with Crippen molar-refractivity contribution < 1.29 is 4.92 Å². The van der Waals surface area contributed by atoms with Crippen LogP contribution in [0, 0.1) is 10.1 Å². The largest absolute Gasteiger partial charge is 0.330 e. The number of nitro benzene ring substituents is 1. The molecule has 1 rings (SSSR count). The van der Waals surface area contributed by atoms with E-state index in [1.807, 2.05) is 0 Å². The van der Waals surface area contributed by atoms with Crippen molar-refractivity contribution in [2.24, 2.45) is 5.73 Å². The van der Waals surface area contributed by atoms with Crippen molar-refractivity contribution >= 4 is 17.3 Å². The van der Waals surface area contributed by atoms with Crippen molar-refractivity contribution in [2.75, 3.05) is 6.54 Å². The van der Waals surface area contributed by atoms with Gasteiger partial charge in [0.1, 0.15) is 0 Å². The summed E-state index contributed by atoms with van der Waals surface area (Å²) in [4.78, 5) is 10.2. The summed E-state index contributed by atoms with van der Waals surface area (Å²) in [5, 5.41) is 11.1. The van der Waals surface area contributed by atoms with E-state index in [1.54, 1.807) is 12.1 Å². The Labute approximate surface area is 86.8 Å². The predicted molar refractivity (Wildman–Crippen MR) is 55.5 cm³/mol. The second-order valence-corrected chi connectivity index (χ2v) is 3.29. The summed E-state index contributed by atoms with van der Waals surface area (Å²) in [6, 6.07) is 4.69. The van der Waals surface area contributed by atoms with Gasteiger partial charge >= 0.3 is 0 Å². The molecule has 0 radical (unpaired) electrons. The first kappa shape index (κ1) is 10.9. The first-order valence-corrected chi connectivity index (χ1v) is 4.66. The first-order valence-electron chi connectivity index (χ1n) is 4.28. The van der Waals surface area contributed by atoms with Crippen LogP contribution in [0.1, 0.15) is 12.0 Å². The molecule has 0 saturated heterocycles. The Balaban J connectivity index is 3.02. The molecule has 1 aromatic carbocycles. The van der Waals surface area contributed by atoms with Gasteiger partial charge in [-0.1, -0.05) is 17.7 Å². The molecule has 14 heavy (non-hydrogen) atoms. The van der Waals surface area contributed by atoms with Crippen molar-refractivity contribution in [3.63, 3.8) is 0 Å². The molecule has 0 fully saturated rings. The fourth-order valence-corrected chi connectivity index (χ4v) is 1.51. The molecule has 2 N–H and O–H groups in total. The highest BCUT2D eigenvalue weighted by Gasteiger charge is 2.15. The lowest BCUT2D eigenvalue weighted by Gasteiger charge is -2.03. The van der Waals surface area contributed by atoms with E-state index in [2.05, 4.69) is 0 Å². The topological polar surface area (TPSA) is 69.2 Å². The van der Waals surface area contributed by atoms with Crippen LogP contribution in [0.5, 0.6) is 0 Å². The molecule has 0 unspecified atom stereocenters. The second kappa shape index (κ2) is 4.93. The van der Waals surface area contributed by atoms with Crippen LogP contribution in [0.2, 0.25) is 5.02 Å². The maximum absolute atomic E-state index is 10.7. The number of nitrogens with zero attached hydrogens (tertiary/aromatic N) is 1. The quantitative estimate of drug-likeness (QED) is 0.617. The number of benzene rings is 1. The number of hydrogen-bond acceptors (Lipinski definition) is 3. The predicted octanol–water partition coefficient (Wildman–Crippen LogP) is 2.14. The fraction of sp³-hybridized carbons (Fsp3) is 0.333. The van der Waals surface area contributed by atoms with Crippen LogP contribution < -0.4 is 5.73 Å². The van der Waals surface area contributed by atoms with Crippen LogP contribution >= 0.6 is 11.6 Å². The van der Waals surface area contributed by atoms with Crippen LogP contribution in [0.3, 0.4) is 0 Å². The lowest BCUT2D eigenvalue weighted by molar-refractivity contribution is -0.385. The molecule has 0 saturated carbocycles. The summed E-state index contributed by atoms with van der Waals surface area (Å²) in [7, 11) is 0. The highest BCUT2D eigenvalue weighted by atomic mass is 35.5. The minimum Gasteiger partial charge on any atom is -0.330 e. The van der Waals surface area contributed by atoms with E-state index in [9.17, 15) is 10.1 Å². The Hall–Kier alpha value is -1.13. The molecule has 0 aliphatic carbocycles. The molecule has 0 aliphatic heterocycles. The Morgan fingerprint density at radius 2 is 2.21 bits per heavy atom. The van der Waals surface area contributed by atoms with Gasteiger partial charge in [-0.3, -0.25) is 10.1 Å². The molecule has 1 aromatic rings. The van der Waals surface area contributed by atoms with Gasteiger partial charge in [0.25, 0.3) is 5.69 Å². The van der Waals surface area contributed by atoms with Crippen molar-refractivity contribution in [2.45, 2.75) is 12.8 Å². The summed E-state index contributed by atoms with van der Waals surface area (Å²) < 4.78 is 0. The molecule has 0 atom stereocenters.